The largest absolute Gasteiger partial charge is 0.495 e. The highest BCUT2D eigenvalue weighted by molar-refractivity contribution is 8.00. The fraction of sp³-hybridized carbons (Fsp3) is 0.521. The van der Waals surface area contributed by atoms with Gasteiger partial charge in [-0.2, -0.15) is 16.7 Å². The summed E-state index contributed by atoms with van der Waals surface area (Å²) in [6.45, 7) is 11.3. The number of rotatable bonds is 23. The zero-order valence-electron chi connectivity index (χ0n) is 39.8. The van der Waals surface area contributed by atoms with Gasteiger partial charge in [-0.15, -0.1) is 11.3 Å². The first kappa shape index (κ1) is 51.7. The molecule has 2 aromatic heterocycles. The second-order valence-electron chi connectivity index (χ2n) is 17.7. The van der Waals surface area contributed by atoms with Gasteiger partial charge in [0.1, 0.15) is 28.7 Å². The molecule has 0 spiro atoms. The van der Waals surface area contributed by atoms with Crippen LogP contribution in [-0.4, -0.2) is 161 Å². The van der Waals surface area contributed by atoms with Crippen LogP contribution < -0.4 is 26.0 Å². The number of carbonyl (C=O) groups is 4. The number of nitrogens with one attached hydrogen (secondary N) is 4. The molecule has 2 aromatic carbocycles. The van der Waals surface area contributed by atoms with Crippen LogP contribution in [0.15, 0.2) is 54.2 Å². The quantitative estimate of drug-likeness (QED) is 0.0637. The molecule has 2 saturated heterocycles. The molecule has 69 heavy (non-hydrogen) atoms. The van der Waals surface area contributed by atoms with Crippen LogP contribution in [0.5, 0.6) is 5.75 Å². The van der Waals surface area contributed by atoms with Crippen molar-refractivity contribution in [1.82, 2.24) is 40.3 Å². The molecule has 0 radical (unpaired) electrons. The number of methoxy groups -OCH3 is 1. The van der Waals surface area contributed by atoms with E-state index in [9.17, 15) is 23.6 Å². The Morgan fingerprint density at radius 3 is 2.42 bits per heavy atom. The lowest BCUT2D eigenvalue weighted by Crippen LogP contribution is -2.61. The molecule has 3 fully saturated rings. The fourth-order valence-corrected chi connectivity index (χ4v) is 10.3. The molecule has 4 N–H and O–H groups in total. The maximum atomic E-state index is 15.0. The van der Waals surface area contributed by atoms with Gasteiger partial charge in [0.15, 0.2) is 5.67 Å². The maximum absolute atomic E-state index is 15.0. The summed E-state index contributed by atoms with van der Waals surface area (Å²) in [6, 6.07) is 11.4. The van der Waals surface area contributed by atoms with Crippen molar-refractivity contribution in [2.75, 3.05) is 96.2 Å². The summed E-state index contributed by atoms with van der Waals surface area (Å²) in [7, 11) is 3.26. The molecule has 4 heterocycles. The Morgan fingerprint density at radius 2 is 1.74 bits per heavy atom. The highest BCUT2D eigenvalue weighted by Crippen LogP contribution is 2.41. The molecule has 1 saturated carbocycles. The molecule has 1 aliphatic carbocycles. The number of ether oxygens (including phenoxy) is 3. The van der Waals surface area contributed by atoms with Gasteiger partial charge >= 0.3 is 0 Å². The Kier molecular flexibility index (Phi) is 17.7. The number of aryl methyl sites for hydroxylation is 1. The molecule has 2 aliphatic heterocycles. The van der Waals surface area contributed by atoms with Crippen molar-refractivity contribution >= 4 is 75.8 Å². The highest BCUT2D eigenvalue weighted by Gasteiger charge is 2.53. The number of nitrogens with zero attached hydrogens (tertiary/aromatic N) is 6. The van der Waals surface area contributed by atoms with Crippen LogP contribution in [0.3, 0.4) is 0 Å². The third-order valence-electron chi connectivity index (χ3n) is 12.5. The standard InChI is InChI=1S/C48H62ClFN10O7S2/c1-31-39(68-30-54-31)33-10-8-32(9-11-33)28-52-42(61)37-7-6-16-60(37)44(63)40(56-45(64)48(50)14-15-48)47(2,3)69-26-25-67-24-23-66-22-21-58-17-19-59(20-18-58)43(62)34-12-13-36(38(27-34)65-5)55-46-53-29-35(49)41(51-4)57-46/h8-13,27,29-30,37,40H,6-7,14-26,28H2,1-5H3,(H,52,61)(H,56,64)(H2,51,53,55,57)/t37-,40?/m0/s1. The molecule has 4 aromatic rings. The number of carbonyl (C=O) groups excluding carboxylic acids is 4. The van der Waals surface area contributed by atoms with Gasteiger partial charge < -0.3 is 45.3 Å². The molecule has 3 aliphatic rings. The van der Waals surface area contributed by atoms with Crippen LogP contribution in [0.25, 0.3) is 10.4 Å². The average Bonchev–Trinajstić information content (AvgIpc) is 3.68. The molecule has 0 bridgehead atoms. The van der Waals surface area contributed by atoms with Crippen LogP contribution in [0, 0.1) is 6.92 Å². The van der Waals surface area contributed by atoms with E-state index in [0.29, 0.717) is 125 Å². The van der Waals surface area contributed by atoms with Gasteiger partial charge in [-0.25, -0.2) is 14.4 Å². The molecule has 7 rings (SSSR count). The van der Waals surface area contributed by atoms with Gasteiger partial charge in [-0.3, -0.25) is 24.1 Å². The topological polar surface area (TPSA) is 192 Å². The predicted octanol–water partition coefficient (Wildman–Crippen LogP) is 5.95. The first-order valence-electron chi connectivity index (χ1n) is 23.2. The number of halogens is 2. The minimum absolute atomic E-state index is 0.0786. The molecular weight excluding hydrogens is 947 g/mol. The van der Waals surface area contributed by atoms with Gasteiger partial charge in [-0.05, 0) is 75.8 Å². The summed E-state index contributed by atoms with van der Waals surface area (Å²) >= 11 is 9.14. The summed E-state index contributed by atoms with van der Waals surface area (Å²) in [5, 5.41) is 12.2. The summed E-state index contributed by atoms with van der Waals surface area (Å²) in [6.07, 6.45) is 2.86. The molecule has 17 nitrogen and oxygen atoms in total. The van der Waals surface area contributed by atoms with E-state index in [2.05, 4.69) is 41.1 Å². The Balaban J connectivity index is 0.803. The lowest BCUT2D eigenvalue weighted by atomic mass is 10.00. The SMILES string of the molecule is CNc1nc(Nc2ccc(C(=O)N3CCN(CCOCCOCCSC(C)(C)C(NC(=O)C4(F)CC4)C(=O)N4CCC[C@H]4C(=O)NCc4ccc(-c5scnc5C)cc4)CC3)cc2OC)ncc1Cl. The molecule has 2 atom stereocenters. The van der Waals surface area contributed by atoms with E-state index in [1.54, 1.807) is 41.5 Å². The molecule has 1 unspecified atom stereocenters. The van der Waals surface area contributed by atoms with Crippen LogP contribution in [0.1, 0.15) is 61.1 Å². The molecular formula is C48H62ClFN10O7S2. The summed E-state index contributed by atoms with van der Waals surface area (Å²) in [5.41, 5.74) is 3.93. The van der Waals surface area contributed by atoms with E-state index in [-0.39, 0.29) is 24.7 Å². The zero-order valence-corrected chi connectivity index (χ0v) is 42.2. The molecule has 4 amide bonds. The van der Waals surface area contributed by atoms with Crippen molar-refractivity contribution in [3.63, 3.8) is 0 Å². The summed E-state index contributed by atoms with van der Waals surface area (Å²) < 4.78 is 31.5. The smallest absolute Gasteiger partial charge is 0.258 e. The average molecular weight is 1010 g/mol. The van der Waals surface area contributed by atoms with Gasteiger partial charge in [0, 0.05) is 68.9 Å². The number of benzene rings is 2. The number of alkyl halides is 1. The lowest BCUT2D eigenvalue weighted by Gasteiger charge is -2.37. The number of thiazole rings is 1. The van der Waals surface area contributed by atoms with Crippen molar-refractivity contribution in [3.8, 4) is 16.2 Å². The maximum Gasteiger partial charge on any atom is 0.258 e. The normalized spacial score (nSPS) is 17.3. The molecule has 372 valence electrons. The predicted molar refractivity (Wildman–Crippen MR) is 267 cm³/mol. The van der Waals surface area contributed by atoms with Crippen molar-refractivity contribution in [2.24, 2.45) is 0 Å². The van der Waals surface area contributed by atoms with Crippen molar-refractivity contribution in [2.45, 2.75) is 75.5 Å². The van der Waals surface area contributed by atoms with Crippen molar-refractivity contribution in [3.05, 3.63) is 76.0 Å². The minimum atomic E-state index is -1.97. The van der Waals surface area contributed by atoms with Gasteiger partial charge in [-0.1, -0.05) is 35.9 Å². The van der Waals surface area contributed by atoms with E-state index in [4.69, 9.17) is 25.8 Å². The number of thioether (sulfide) groups is 1. The lowest BCUT2D eigenvalue weighted by molar-refractivity contribution is -0.143. The van der Waals surface area contributed by atoms with Crippen LogP contribution in [0.4, 0.5) is 21.8 Å². The van der Waals surface area contributed by atoms with Crippen LogP contribution in [0.2, 0.25) is 5.02 Å². The fourth-order valence-electron chi connectivity index (χ4n) is 8.23. The summed E-state index contributed by atoms with van der Waals surface area (Å²) in [4.78, 5) is 74.0. The number of hydrogen-bond acceptors (Lipinski definition) is 15. The van der Waals surface area contributed by atoms with Crippen molar-refractivity contribution in [1.29, 1.82) is 0 Å². The Morgan fingerprint density at radius 1 is 1.00 bits per heavy atom. The Hall–Kier alpha value is -5.12. The van der Waals surface area contributed by atoms with Gasteiger partial charge in [0.25, 0.3) is 11.8 Å². The van der Waals surface area contributed by atoms with E-state index in [0.717, 1.165) is 21.7 Å². The van der Waals surface area contributed by atoms with E-state index in [1.165, 1.54) is 25.1 Å². The van der Waals surface area contributed by atoms with E-state index in [1.807, 2.05) is 55.4 Å². The Bertz CT molecular complexity index is 2420. The third kappa shape index (κ3) is 13.4. The molecule has 21 heteroatoms. The van der Waals surface area contributed by atoms with E-state index >= 15 is 0 Å². The number of hydrogen-bond donors (Lipinski definition) is 4. The number of piperazine rings is 1. The van der Waals surface area contributed by atoms with Gasteiger partial charge in [0.2, 0.25) is 17.8 Å². The number of likely N-dealkylation sites (tertiary alicyclic amines) is 1. The second-order valence-corrected chi connectivity index (χ2v) is 20.7. The van der Waals surface area contributed by atoms with Crippen LogP contribution in [-0.2, 0) is 30.4 Å². The van der Waals surface area contributed by atoms with Crippen molar-refractivity contribution < 1.29 is 37.8 Å². The zero-order chi connectivity index (χ0) is 49.1. The Labute approximate surface area is 416 Å². The minimum Gasteiger partial charge on any atom is -0.495 e. The first-order valence-corrected chi connectivity index (χ1v) is 25.5. The number of amides is 4. The third-order valence-corrected chi connectivity index (χ3v) is 15.1. The van der Waals surface area contributed by atoms with Crippen LogP contribution >= 0.6 is 34.7 Å². The van der Waals surface area contributed by atoms with Gasteiger partial charge in [0.05, 0.1) is 61.5 Å². The number of aromatic nitrogens is 3. The van der Waals surface area contributed by atoms with E-state index < -0.39 is 34.3 Å². The highest BCUT2D eigenvalue weighted by atomic mass is 35.5. The second kappa shape index (κ2) is 23.7. The monoisotopic (exact) mass is 1010 g/mol. The summed E-state index contributed by atoms with van der Waals surface area (Å²) in [5.74, 6) is 0.263. The number of anilines is 3. The first-order chi connectivity index (χ1) is 33.2.